The van der Waals surface area contributed by atoms with Crippen LogP contribution in [0.4, 0.5) is 0 Å². The first-order valence-electron chi connectivity index (χ1n) is 30.9. The molecule has 0 aromatic rings. The molecule has 0 spiro atoms. The number of ether oxygens (including phenoxy) is 3. The minimum atomic E-state index is -0.796. The quantitative estimate of drug-likeness (QED) is 0.0261. The third-order valence-electron chi connectivity index (χ3n) is 13.0. The second-order valence-electron chi connectivity index (χ2n) is 20.2. The fourth-order valence-corrected chi connectivity index (χ4v) is 8.35. The van der Waals surface area contributed by atoms with Crippen LogP contribution in [0.1, 0.15) is 284 Å². The van der Waals surface area contributed by atoms with Gasteiger partial charge < -0.3 is 14.2 Å². The number of carbonyl (C=O) groups excluding carboxylic acids is 3. The molecule has 0 saturated heterocycles. The van der Waals surface area contributed by atoms with Crippen LogP contribution in [-0.2, 0) is 28.6 Å². The summed E-state index contributed by atoms with van der Waals surface area (Å²) >= 11 is 0. The van der Waals surface area contributed by atoms with Gasteiger partial charge in [-0.15, -0.1) is 0 Å². The predicted molar refractivity (Wildman–Crippen MR) is 320 cm³/mol. The third kappa shape index (κ3) is 59.0. The second kappa shape index (κ2) is 61.6. The number of hydrogen-bond acceptors (Lipinski definition) is 6. The van der Waals surface area contributed by atoms with Gasteiger partial charge in [0.15, 0.2) is 6.10 Å². The zero-order chi connectivity index (χ0) is 53.6. The van der Waals surface area contributed by atoms with Crippen LogP contribution in [-0.4, -0.2) is 37.2 Å². The zero-order valence-corrected chi connectivity index (χ0v) is 48.3. The van der Waals surface area contributed by atoms with Crippen molar-refractivity contribution in [3.8, 4) is 0 Å². The zero-order valence-electron chi connectivity index (χ0n) is 48.3. The van der Waals surface area contributed by atoms with E-state index in [1.807, 2.05) is 0 Å². The highest BCUT2D eigenvalue weighted by Crippen LogP contribution is 2.15. The van der Waals surface area contributed by atoms with Crippen molar-refractivity contribution in [3.05, 3.63) is 109 Å². The van der Waals surface area contributed by atoms with Gasteiger partial charge in [-0.2, -0.15) is 0 Å². The Hall–Kier alpha value is -3.93. The van der Waals surface area contributed by atoms with Crippen molar-refractivity contribution in [1.82, 2.24) is 0 Å². The number of carbonyl (C=O) groups is 3. The Morgan fingerprint density at radius 1 is 0.284 bits per heavy atom. The van der Waals surface area contributed by atoms with Crippen molar-refractivity contribution in [3.63, 3.8) is 0 Å². The number of unbranched alkanes of at least 4 members (excludes halogenated alkanes) is 26. The van der Waals surface area contributed by atoms with Gasteiger partial charge in [0.05, 0.1) is 0 Å². The van der Waals surface area contributed by atoms with Crippen LogP contribution in [0.2, 0.25) is 0 Å². The molecule has 0 saturated carbocycles. The highest BCUT2D eigenvalue weighted by molar-refractivity contribution is 5.71. The van der Waals surface area contributed by atoms with Crippen molar-refractivity contribution < 1.29 is 28.6 Å². The highest BCUT2D eigenvalue weighted by atomic mass is 16.6. The van der Waals surface area contributed by atoms with E-state index < -0.39 is 6.10 Å². The van der Waals surface area contributed by atoms with Crippen LogP contribution >= 0.6 is 0 Å². The second-order valence-corrected chi connectivity index (χ2v) is 20.2. The van der Waals surface area contributed by atoms with Crippen LogP contribution < -0.4 is 0 Å². The summed E-state index contributed by atoms with van der Waals surface area (Å²) in [6.07, 6.45) is 83.6. The van der Waals surface area contributed by atoms with Crippen molar-refractivity contribution in [2.24, 2.45) is 0 Å². The Morgan fingerprint density at radius 2 is 0.527 bits per heavy atom. The van der Waals surface area contributed by atoms with Crippen LogP contribution in [0.25, 0.3) is 0 Å². The van der Waals surface area contributed by atoms with Gasteiger partial charge in [-0.05, 0) is 128 Å². The van der Waals surface area contributed by atoms with E-state index in [-0.39, 0.29) is 31.1 Å². The summed E-state index contributed by atoms with van der Waals surface area (Å²) in [5, 5.41) is 0. The van der Waals surface area contributed by atoms with E-state index in [4.69, 9.17) is 14.2 Å². The number of hydrogen-bond donors (Lipinski definition) is 0. The van der Waals surface area contributed by atoms with Crippen molar-refractivity contribution in [2.75, 3.05) is 13.2 Å². The molecular formula is C68H114O6. The maximum Gasteiger partial charge on any atom is 0.306 e. The summed E-state index contributed by atoms with van der Waals surface area (Å²) in [6.45, 7) is 6.47. The molecule has 0 aliphatic rings. The molecule has 0 radical (unpaired) electrons. The van der Waals surface area contributed by atoms with E-state index in [0.717, 1.165) is 128 Å². The van der Waals surface area contributed by atoms with E-state index in [1.165, 1.54) is 116 Å². The Morgan fingerprint density at radius 3 is 0.865 bits per heavy atom. The SMILES string of the molecule is CC/C=C\C/C=C\C/C=C\C/C=C\C/C=C\CCCCCCCCCC(=O)OCC(COC(=O)CCCCCCC/C=C\CCCCCCC)OC(=O)CCCCCCCC/C=C\C/C=C\C/C=C\CCCCC. The number of rotatable bonds is 55. The molecule has 1 atom stereocenters. The van der Waals surface area contributed by atoms with Crippen LogP contribution in [0.5, 0.6) is 0 Å². The summed E-state index contributed by atoms with van der Waals surface area (Å²) in [5.74, 6) is -0.919. The van der Waals surface area contributed by atoms with Gasteiger partial charge in [0.1, 0.15) is 13.2 Å². The van der Waals surface area contributed by atoms with Gasteiger partial charge >= 0.3 is 17.9 Å². The van der Waals surface area contributed by atoms with Gasteiger partial charge in [-0.3, -0.25) is 14.4 Å². The molecular weight excluding hydrogens is 913 g/mol. The standard InChI is InChI=1S/C68H114O6/c1-4-7-10-13-16-19-22-25-28-30-32-33-34-35-37-38-40-43-46-49-52-55-58-61-67(70)73-64-65(63-72-66(69)60-57-54-51-48-45-42-27-24-21-18-15-12-9-6-3)74-68(71)62-59-56-53-50-47-44-41-39-36-31-29-26-23-20-17-14-11-8-5-2/h7,10,16-17,19-20,24-29,32-33,35-37,39,65H,4-6,8-9,11-15,18,21-23,30-31,34,38,40-64H2,1-3H3/b10-7-,19-16-,20-17-,27-24-,28-25-,29-26-,33-32-,37-35-,39-36-. The van der Waals surface area contributed by atoms with Crippen LogP contribution in [0.3, 0.4) is 0 Å². The van der Waals surface area contributed by atoms with E-state index in [2.05, 4.69) is 130 Å². The molecule has 0 aromatic heterocycles. The summed E-state index contributed by atoms with van der Waals surface area (Å²) in [5.41, 5.74) is 0. The lowest BCUT2D eigenvalue weighted by molar-refractivity contribution is -0.167. The van der Waals surface area contributed by atoms with Gasteiger partial charge in [0.2, 0.25) is 0 Å². The first-order chi connectivity index (χ1) is 36.5. The maximum absolute atomic E-state index is 12.9. The molecule has 422 valence electrons. The summed E-state index contributed by atoms with van der Waals surface area (Å²) < 4.78 is 16.9. The van der Waals surface area contributed by atoms with Gasteiger partial charge in [0, 0.05) is 19.3 Å². The predicted octanol–water partition coefficient (Wildman–Crippen LogP) is 21.0. The lowest BCUT2D eigenvalue weighted by Crippen LogP contribution is -2.30. The lowest BCUT2D eigenvalue weighted by Gasteiger charge is -2.18. The minimum Gasteiger partial charge on any atom is -0.462 e. The molecule has 0 aliphatic heterocycles. The molecule has 1 unspecified atom stereocenters. The van der Waals surface area contributed by atoms with Crippen molar-refractivity contribution in [1.29, 1.82) is 0 Å². The molecule has 0 bridgehead atoms. The summed E-state index contributed by atoms with van der Waals surface area (Å²) in [4.78, 5) is 38.3. The summed E-state index contributed by atoms with van der Waals surface area (Å²) in [7, 11) is 0. The molecule has 0 aromatic carbocycles. The van der Waals surface area contributed by atoms with Crippen LogP contribution in [0, 0.1) is 0 Å². The fourth-order valence-electron chi connectivity index (χ4n) is 8.35. The Bertz CT molecular complexity index is 1510. The number of allylic oxidation sites excluding steroid dienone is 18. The lowest BCUT2D eigenvalue weighted by atomic mass is 10.1. The first-order valence-corrected chi connectivity index (χ1v) is 30.9. The van der Waals surface area contributed by atoms with E-state index in [9.17, 15) is 14.4 Å². The molecule has 0 aliphatic carbocycles. The Kier molecular flexibility index (Phi) is 58.3. The van der Waals surface area contributed by atoms with Crippen molar-refractivity contribution >= 4 is 17.9 Å². The third-order valence-corrected chi connectivity index (χ3v) is 13.0. The minimum absolute atomic E-state index is 0.0921. The molecule has 6 heteroatoms. The van der Waals surface area contributed by atoms with E-state index in [0.29, 0.717) is 19.3 Å². The molecule has 0 rings (SSSR count). The molecule has 6 nitrogen and oxygen atoms in total. The van der Waals surface area contributed by atoms with Gasteiger partial charge in [-0.25, -0.2) is 0 Å². The Labute approximate surface area is 457 Å². The maximum atomic E-state index is 12.9. The highest BCUT2D eigenvalue weighted by Gasteiger charge is 2.19. The molecule has 0 fully saturated rings. The molecule has 0 amide bonds. The monoisotopic (exact) mass is 1030 g/mol. The molecule has 0 N–H and O–H groups in total. The Balaban J connectivity index is 4.42. The van der Waals surface area contributed by atoms with E-state index in [1.54, 1.807) is 0 Å². The average Bonchev–Trinajstić information content (AvgIpc) is 3.40. The van der Waals surface area contributed by atoms with Gasteiger partial charge in [0.25, 0.3) is 0 Å². The smallest absolute Gasteiger partial charge is 0.306 e. The molecule has 0 heterocycles. The normalized spacial score (nSPS) is 12.9. The topological polar surface area (TPSA) is 78.9 Å². The van der Waals surface area contributed by atoms with Crippen molar-refractivity contribution in [2.45, 2.75) is 290 Å². The van der Waals surface area contributed by atoms with Gasteiger partial charge in [-0.1, -0.05) is 246 Å². The average molecular weight is 1030 g/mol. The summed E-state index contributed by atoms with van der Waals surface area (Å²) in [6, 6.07) is 0. The largest absolute Gasteiger partial charge is 0.462 e. The molecule has 74 heavy (non-hydrogen) atoms. The first kappa shape index (κ1) is 70.1. The fraction of sp³-hybridized carbons (Fsp3) is 0.691. The number of esters is 3. The van der Waals surface area contributed by atoms with Crippen LogP contribution in [0.15, 0.2) is 109 Å². The van der Waals surface area contributed by atoms with E-state index >= 15 is 0 Å².